The lowest BCUT2D eigenvalue weighted by atomic mass is 9.80. The van der Waals surface area contributed by atoms with E-state index in [1.54, 1.807) is 32.8 Å². The van der Waals surface area contributed by atoms with Gasteiger partial charge in [0.15, 0.2) is 5.96 Å². The lowest BCUT2D eigenvalue weighted by molar-refractivity contribution is -0.150. The summed E-state index contributed by atoms with van der Waals surface area (Å²) in [7, 11) is 1.67. The maximum atomic E-state index is 14.8. The number of fused-ring (bicyclic) bond motifs is 2. The third-order valence-electron chi connectivity index (χ3n) is 11.5. The number of ether oxygens (including phenoxy) is 2. The van der Waals surface area contributed by atoms with Gasteiger partial charge in [-0.2, -0.15) is 0 Å². The SMILES string of the molecule is COc1cc(C)c(CN=C(N)NCCCC(NC(=O)[C@@H]2CCC3CC[C@@](Cc4ccccc4)(NC(=O)OC(C)(C)C)C(=O)N32)C(O)c2nc3ccccc3s2)c(C)c1C. The number of amides is 3. The first-order valence-electron chi connectivity index (χ1n) is 20.5. The number of aliphatic hydroxyl groups excluding tert-OH is 1. The molecule has 0 saturated carbocycles. The topological polar surface area (TPSA) is 180 Å². The molecule has 0 spiro atoms. The molecular formula is C45H59N7O6S. The Balaban J connectivity index is 1.18. The molecule has 5 atom stereocenters. The molecule has 0 bridgehead atoms. The summed E-state index contributed by atoms with van der Waals surface area (Å²) in [5, 5.41) is 21.6. The lowest BCUT2D eigenvalue weighted by Crippen LogP contribution is -2.67. The average Bonchev–Trinajstić information content (AvgIpc) is 3.83. The minimum atomic E-state index is -1.31. The van der Waals surface area contributed by atoms with Crippen molar-refractivity contribution in [2.75, 3.05) is 13.7 Å². The molecule has 6 N–H and O–H groups in total. The molecule has 3 unspecified atom stereocenters. The summed E-state index contributed by atoms with van der Waals surface area (Å²) in [5.41, 5.74) is 10.2. The van der Waals surface area contributed by atoms with Crippen molar-refractivity contribution in [3.05, 3.63) is 93.5 Å². The molecule has 2 aliphatic rings. The van der Waals surface area contributed by atoms with E-state index in [2.05, 4.69) is 27.9 Å². The van der Waals surface area contributed by atoms with Gasteiger partial charge >= 0.3 is 6.09 Å². The molecule has 2 aliphatic heterocycles. The zero-order valence-electron chi connectivity index (χ0n) is 35.3. The minimum Gasteiger partial charge on any atom is -0.496 e. The number of hydrogen-bond acceptors (Lipinski definition) is 9. The van der Waals surface area contributed by atoms with Crippen molar-refractivity contribution in [1.29, 1.82) is 0 Å². The van der Waals surface area contributed by atoms with Crippen LogP contribution in [0.3, 0.4) is 0 Å². The van der Waals surface area contributed by atoms with Crippen molar-refractivity contribution in [2.24, 2.45) is 10.7 Å². The van der Waals surface area contributed by atoms with Crippen molar-refractivity contribution in [2.45, 2.75) is 128 Å². The highest BCUT2D eigenvalue weighted by atomic mass is 32.1. The molecule has 4 aromatic rings. The van der Waals surface area contributed by atoms with Crippen LogP contribution in [0.25, 0.3) is 10.2 Å². The van der Waals surface area contributed by atoms with E-state index in [1.807, 2.05) is 74.5 Å². The third-order valence-corrected chi connectivity index (χ3v) is 12.7. The van der Waals surface area contributed by atoms with Crippen molar-refractivity contribution in [1.82, 2.24) is 25.8 Å². The molecule has 13 nitrogen and oxygen atoms in total. The number of para-hydroxylation sites is 1. The van der Waals surface area contributed by atoms with Crippen molar-refractivity contribution < 1.29 is 29.0 Å². The Hall–Kier alpha value is -5.21. The van der Waals surface area contributed by atoms with Crippen LogP contribution >= 0.6 is 11.3 Å². The normalized spacial score (nSPS) is 20.5. The first-order valence-corrected chi connectivity index (χ1v) is 21.3. The van der Waals surface area contributed by atoms with E-state index in [9.17, 15) is 19.5 Å². The second-order valence-corrected chi connectivity index (χ2v) is 17.9. The number of aromatic nitrogens is 1. The van der Waals surface area contributed by atoms with Gasteiger partial charge in [0, 0.05) is 19.0 Å². The molecule has 6 rings (SSSR count). The van der Waals surface area contributed by atoms with Crippen LogP contribution in [-0.2, 0) is 27.3 Å². The average molecular weight is 826 g/mol. The number of nitrogens with zero attached hydrogens (tertiary/aromatic N) is 3. The van der Waals surface area contributed by atoms with E-state index >= 15 is 0 Å². The summed E-state index contributed by atoms with van der Waals surface area (Å²) in [6, 6.07) is 17.6. The van der Waals surface area contributed by atoms with Crippen LogP contribution in [0.15, 0.2) is 65.7 Å². The van der Waals surface area contributed by atoms with Crippen LogP contribution in [-0.4, -0.2) is 81.8 Å². The Kier molecular flexibility index (Phi) is 13.5. The summed E-state index contributed by atoms with van der Waals surface area (Å²) in [4.78, 5) is 53.5. The lowest BCUT2D eigenvalue weighted by Gasteiger charge is -2.45. The van der Waals surface area contributed by atoms with Gasteiger partial charge in [-0.25, -0.2) is 14.8 Å². The highest BCUT2D eigenvalue weighted by Crippen LogP contribution is 2.39. The summed E-state index contributed by atoms with van der Waals surface area (Å²) in [6.45, 7) is 12.3. The van der Waals surface area contributed by atoms with Crippen LogP contribution in [0, 0.1) is 20.8 Å². The van der Waals surface area contributed by atoms with Gasteiger partial charge in [0.05, 0.1) is 29.9 Å². The first kappa shape index (κ1) is 43.4. The molecule has 59 heavy (non-hydrogen) atoms. The fourth-order valence-corrected chi connectivity index (χ4v) is 9.37. The van der Waals surface area contributed by atoms with Crippen molar-refractivity contribution >= 4 is 45.4 Å². The highest BCUT2D eigenvalue weighted by Gasteiger charge is 2.54. The number of thiazole rings is 1. The Labute approximate surface area is 351 Å². The maximum absolute atomic E-state index is 14.8. The van der Waals surface area contributed by atoms with Crippen molar-refractivity contribution in [3.63, 3.8) is 0 Å². The van der Waals surface area contributed by atoms with Gasteiger partial charge < -0.3 is 41.2 Å². The van der Waals surface area contributed by atoms with Crippen LogP contribution < -0.4 is 26.4 Å². The number of rotatable bonds is 14. The number of benzene rings is 3. The van der Waals surface area contributed by atoms with Crippen LogP contribution in [0.4, 0.5) is 4.79 Å². The molecule has 3 aromatic carbocycles. The number of methoxy groups -OCH3 is 1. The summed E-state index contributed by atoms with van der Waals surface area (Å²) >= 11 is 1.38. The van der Waals surface area contributed by atoms with Crippen LogP contribution in [0.2, 0.25) is 0 Å². The van der Waals surface area contributed by atoms with Gasteiger partial charge in [-0.05, 0) is 126 Å². The van der Waals surface area contributed by atoms with Gasteiger partial charge in [-0.3, -0.25) is 9.59 Å². The largest absolute Gasteiger partial charge is 0.496 e. The van der Waals surface area contributed by atoms with Crippen LogP contribution in [0.1, 0.15) is 98.2 Å². The molecule has 14 heteroatoms. The van der Waals surface area contributed by atoms with E-state index in [1.165, 1.54) is 11.3 Å². The summed E-state index contributed by atoms with van der Waals surface area (Å²) < 4.78 is 12.1. The number of guanidine groups is 1. The predicted octanol–water partition coefficient (Wildman–Crippen LogP) is 6.29. The zero-order valence-corrected chi connectivity index (χ0v) is 36.1. The molecule has 2 saturated heterocycles. The second kappa shape index (κ2) is 18.4. The molecule has 316 valence electrons. The summed E-state index contributed by atoms with van der Waals surface area (Å²) in [5.74, 6) is 0.478. The molecule has 1 aromatic heterocycles. The van der Waals surface area contributed by atoms with E-state index in [4.69, 9.17) is 20.2 Å². The molecule has 3 amide bonds. The van der Waals surface area contributed by atoms with Gasteiger partial charge in [0.2, 0.25) is 11.8 Å². The Morgan fingerprint density at radius 1 is 1.07 bits per heavy atom. The number of carbonyl (C=O) groups excluding carboxylic acids is 3. The quantitative estimate of drug-likeness (QED) is 0.0555. The number of nitrogens with two attached hydrogens (primary N) is 1. The van der Waals surface area contributed by atoms with E-state index in [-0.39, 0.29) is 24.3 Å². The first-order chi connectivity index (χ1) is 28.1. The van der Waals surface area contributed by atoms with Gasteiger partial charge in [0.25, 0.3) is 0 Å². The number of hydrogen-bond donors (Lipinski definition) is 5. The van der Waals surface area contributed by atoms with Crippen molar-refractivity contribution in [3.8, 4) is 5.75 Å². The minimum absolute atomic E-state index is 0.156. The number of aliphatic imine (C=N–C) groups is 1. The van der Waals surface area contributed by atoms with E-state index in [0.29, 0.717) is 62.6 Å². The number of piperidine rings is 1. The molecule has 0 aliphatic carbocycles. The highest BCUT2D eigenvalue weighted by molar-refractivity contribution is 7.18. The van der Waals surface area contributed by atoms with Gasteiger partial charge in [-0.1, -0.05) is 42.5 Å². The molecule has 2 fully saturated rings. The van der Waals surface area contributed by atoms with E-state index in [0.717, 1.165) is 43.8 Å². The fourth-order valence-electron chi connectivity index (χ4n) is 8.35. The summed E-state index contributed by atoms with van der Waals surface area (Å²) in [6.07, 6.45) is 1.53. The zero-order chi connectivity index (χ0) is 42.5. The van der Waals surface area contributed by atoms with Gasteiger partial charge in [0.1, 0.15) is 34.0 Å². The van der Waals surface area contributed by atoms with Gasteiger partial charge in [-0.15, -0.1) is 11.3 Å². The Bertz CT molecular complexity index is 2140. The smallest absolute Gasteiger partial charge is 0.408 e. The third kappa shape index (κ3) is 10.2. The number of carbonyl (C=O) groups is 3. The molecule has 3 heterocycles. The maximum Gasteiger partial charge on any atom is 0.408 e. The standard InChI is InChI=1S/C45H59N7O6S/c1-27-24-36(57-7)29(3)28(2)32(27)26-48-42(46)47-23-13-17-34(38(53)40-50-33-16-11-12-18-37(33)59-40)49-39(54)35-20-19-31-21-22-45(41(55)52(31)35,25-30-14-9-8-10-15-30)51-43(56)58-44(4,5)6/h8-12,14-16,18,24,31,34-35,38,53H,13,17,19-23,25-26H2,1-7H3,(H,49,54)(H,51,56)(H3,46,47,48)/t31?,34?,35-,38?,45-/m0/s1. The van der Waals surface area contributed by atoms with Crippen LogP contribution in [0.5, 0.6) is 5.75 Å². The number of aliphatic hydroxyl groups is 1. The second-order valence-electron chi connectivity index (χ2n) is 16.8. The number of nitrogens with one attached hydrogen (secondary N) is 3. The monoisotopic (exact) mass is 825 g/mol. The molecule has 0 radical (unpaired) electrons. The Morgan fingerprint density at radius 3 is 2.51 bits per heavy atom. The molecular weight excluding hydrogens is 767 g/mol. The number of aryl methyl sites for hydroxylation is 1. The Morgan fingerprint density at radius 2 is 1.80 bits per heavy atom. The predicted molar refractivity (Wildman–Crippen MR) is 231 cm³/mol. The number of alkyl carbamates (subject to hydrolysis) is 1. The fraction of sp³-hybridized carbons (Fsp3) is 0.489. The van der Waals surface area contributed by atoms with E-state index < -0.39 is 35.4 Å².